The van der Waals surface area contributed by atoms with Gasteiger partial charge in [-0.1, -0.05) is 43.2 Å². The number of hydrogen-bond acceptors (Lipinski definition) is 3. The first-order chi connectivity index (χ1) is 11.7. The molecule has 0 atom stereocenters. The van der Waals surface area contributed by atoms with E-state index in [0.717, 1.165) is 23.6 Å². The minimum absolute atomic E-state index is 0.0720. The Morgan fingerprint density at radius 2 is 1.83 bits per heavy atom. The lowest BCUT2D eigenvalue weighted by Gasteiger charge is -2.16. The van der Waals surface area contributed by atoms with E-state index >= 15 is 0 Å². The third-order valence-electron chi connectivity index (χ3n) is 4.10. The van der Waals surface area contributed by atoms with Crippen molar-refractivity contribution in [1.82, 2.24) is 16.2 Å². The van der Waals surface area contributed by atoms with E-state index in [2.05, 4.69) is 16.2 Å². The molecular weight excluding hydrogens is 322 g/mol. The second-order valence-electron chi connectivity index (χ2n) is 5.93. The van der Waals surface area contributed by atoms with Crippen LogP contribution in [0, 0.1) is 0 Å². The fourth-order valence-corrected chi connectivity index (χ4v) is 3.08. The fraction of sp³-hybridized carbons (Fsp3) is 0.333. The van der Waals surface area contributed by atoms with E-state index in [9.17, 15) is 4.79 Å². The Balaban J connectivity index is 1.42. The van der Waals surface area contributed by atoms with Gasteiger partial charge in [0.1, 0.15) is 5.75 Å². The predicted octanol–water partition coefficient (Wildman–Crippen LogP) is 2.66. The number of ether oxygens (including phenoxy) is 1. The van der Waals surface area contributed by atoms with Crippen molar-refractivity contribution in [2.45, 2.75) is 31.7 Å². The van der Waals surface area contributed by atoms with Crippen molar-refractivity contribution < 1.29 is 9.53 Å². The molecule has 1 aliphatic rings. The van der Waals surface area contributed by atoms with Crippen molar-refractivity contribution in [3.63, 3.8) is 0 Å². The largest absolute Gasteiger partial charge is 0.484 e. The second-order valence-corrected chi connectivity index (χ2v) is 6.33. The van der Waals surface area contributed by atoms with Gasteiger partial charge in [0, 0.05) is 6.04 Å². The van der Waals surface area contributed by atoms with Crippen LogP contribution in [-0.2, 0) is 4.79 Å². The SMILES string of the molecule is O=C(COc1ccc2ccccc2c1)NNC(=S)NC1CCCC1. The Morgan fingerprint density at radius 1 is 1.08 bits per heavy atom. The van der Waals surface area contributed by atoms with Gasteiger partial charge in [0.25, 0.3) is 5.91 Å². The van der Waals surface area contributed by atoms with Crippen LogP contribution in [0.25, 0.3) is 10.8 Å². The highest BCUT2D eigenvalue weighted by atomic mass is 32.1. The van der Waals surface area contributed by atoms with Crippen LogP contribution in [-0.4, -0.2) is 23.7 Å². The van der Waals surface area contributed by atoms with Gasteiger partial charge in [0.05, 0.1) is 0 Å². The zero-order valence-corrected chi connectivity index (χ0v) is 14.2. The van der Waals surface area contributed by atoms with Gasteiger partial charge in [-0.3, -0.25) is 15.6 Å². The van der Waals surface area contributed by atoms with Crippen LogP contribution in [0.4, 0.5) is 0 Å². The maximum Gasteiger partial charge on any atom is 0.276 e. The summed E-state index contributed by atoms with van der Waals surface area (Å²) in [5, 5.41) is 5.86. The van der Waals surface area contributed by atoms with Crippen molar-refractivity contribution in [2.24, 2.45) is 0 Å². The molecule has 0 aromatic heterocycles. The van der Waals surface area contributed by atoms with E-state index in [1.54, 1.807) is 0 Å². The standard InChI is InChI=1S/C18H21N3O2S/c22-17(20-21-18(24)19-15-7-3-4-8-15)12-23-16-10-9-13-5-1-2-6-14(13)11-16/h1-2,5-6,9-11,15H,3-4,7-8,12H2,(H,20,22)(H2,19,21,24). The molecule has 3 N–H and O–H groups in total. The molecule has 0 spiro atoms. The van der Waals surface area contributed by atoms with Crippen molar-refractivity contribution >= 4 is 34.0 Å². The molecule has 0 heterocycles. The number of amides is 1. The average molecular weight is 343 g/mol. The second kappa shape index (κ2) is 7.97. The van der Waals surface area contributed by atoms with E-state index in [4.69, 9.17) is 17.0 Å². The summed E-state index contributed by atoms with van der Waals surface area (Å²) >= 11 is 5.16. The quantitative estimate of drug-likeness (QED) is 0.588. The van der Waals surface area contributed by atoms with Gasteiger partial charge < -0.3 is 10.1 Å². The Labute approximate surface area is 146 Å². The Bertz CT molecular complexity index is 729. The third-order valence-corrected chi connectivity index (χ3v) is 4.32. The van der Waals surface area contributed by atoms with Crippen LogP contribution in [0.15, 0.2) is 42.5 Å². The molecule has 1 fully saturated rings. The van der Waals surface area contributed by atoms with Gasteiger partial charge in [-0.15, -0.1) is 0 Å². The molecule has 0 unspecified atom stereocenters. The molecule has 0 saturated heterocycles. The lowest BCUT2D eigenvalue weighted by Crippen LogP contribution is -2.50. The van der Waals surface area contributed by atoms with Crippen molar-refractivity contribution in [3.05, 3.63) is 42.5 Å². The minimum atomic E-state index is -0.279. The van der Waals surface area contributed by atoms with Crippen molar-refractivity contribution in [1.29, 1.82) is 0 Å². The van der Waals surface area contributed by atoms with E-state index < -0.39 is 0 Å². The lowest BCUT2D eigenvalue weighted by atomic mass is 10.1. The van der Waals surface area contributed by atoms with Gasteiger partial charge in [-0.25, -0.2) is 0 Å². The summed E-state index contributed by atoms with van der Waals surface area (Å²) in [7, 11) is 0. The monoisotopic (exact) mass is 343 g/mol. The van der Waals surface area contributed by atoms with E-state index in [-0.39, 0.29) is 12.5 Å². The smallest absolute Gasteiger partial charge is 0.276 e. The molecule has 1 amide bonds. The van der Waals surface area contributed by atoms with Crippen molar-refractivity contribution in [3.8, 4) is 5.75 Å². The molecule has 3 rings (SSSR count). The first-order valence-corrected chi connectivity index (χ1v) is 8.58. The molecule has 0 aliphatic heterocycles. The zero-order chi connectivity index (χ0) is 16.8. The van der Waals surface area contributed by atoms with Gasteiger partial charge in [0.2, 0.25) is 0 Å². The number of benzene rings is 2. The molecular formula is C18H21N3O2S. The normalized spacial score (nSPS) is 14.3. The maximum atomic E-state index is 11.8. The number of fused-ring (bicyclic) bond motifs is 1. The van der Waals surface area contributed by atoms with Gasteiger partial charge in [-0.2, -0.15) is 0 Å². The summed E-state index contributed by atoms with van der Waals surface area (Å²) in [5.74, 6) is 0.384. The summed E-state index contributed by atoms with van der Waals surface area (Å²) in [6.07, 6.45) is 4.71. The highest BCUT2D eigenvalue weighted by Gasteiger charge is 2.15. The zero-order valence-electron chi connectivity index (χ0n) is 13.4. The summed E-state index contributed by atoms with van der Waals surface area (Å²) < 4.78 is 5.53. The minimum Gasteiger partial charge on any atom is -0.484 e. The van der Waals surface area contributed by atoms with Gasteiger partial charge >= 0.3 is 0 Å². The number of nitrogens with one attached hydrogen (secondary N) is 3. The molecule has 2 aromatic carbocycles. The number of hydrogen-bond donors (Lipinski definition) is 3. The molecule has 24 heavy (non-hydrogen) atoms. The molecule has 1 saturated carbocycles. The molecule has 0 bridgehead atoms. The van der Waals surface area contributed by atoms with E-state index in [0.29, 0.717) is 16.9 Å². The number of rotatable bonds is 4. The molecule has 1 aliphatic carbocycles. The first-order valence-electron chi connectivity index (χ1n) is 8.18. The summed E-state index contributed by atoms with van der Waals surface area (Å²) in [5.41, 5.74) is 5.26. The number of carbonyl (C=O) groups is 1. The topological polar surface area (TPSA) is 62.4 Å². The van der Waals surface area contributed by atoms with Crippen LogP contribution < -0.4 is 20.9 Å². The van der Waals surface area contributed by atoms with Crippen LogP contribution in [0.3, 0.4) is 0 Å². The summed E-state index contributed by atoms with van der Waals surface area (Å²) in [6.45, 7) is -0.0720. The first kappa shape index (κ1) is 16.5. The van der Waals surface area contributed by atoms with Crippen LogP contribution in [0.5, 0.6) is 5.75 Å². The van der Waals surface area contributed by atoms with Crippen molar-refractivity contribution in [2.75, 3.05) is 6.61 Å². The number of carbonyl (C=O) groups excluding carboxylic acids is 1. The van der Waals surface area contributed by atoms with Crippen LogP contribution in [0.2, 0.25) is 0 Å². The number of hydrazine groups is 1. The number of thiocarbonyl (C=S) groups is 1. The Kier molecular flexibility index (Phi) is 5.48. The molecule has 126 valence electrons. The van der Waals surface area contributed by atoms with Crippen LogP contribution in [0.1, 0.15) is 25.7 Å². The van der Waals surface area contributed by atoms with Gasteiger partial charge in [-0.05, 0) is 48.0 Å². The summed E-state index contributed by atoms with van der Waals surface area (Å²) in [4.78, 5) is 11.8. The molecule has 5 nitrogen and oxygen atoms in total. The highest BCUT2D eigenvalue weighted by Crippen LogP contribution is 2.20. The Morgan fingerprint density at radius 3 is 2.62 bits per heavy atom. The highest BCUT2D eigenvalue weighted by molar-refractivity contribution is 7.80. The average Bonchev–Trinajstić information content (AvgIpc) is 3.11. The van der Waals surface area contributed by atoms with Crippen LogP contribution >= 0.6 is 12.2 Å². The molecule has 6 heteroatoms. The third kappa shape index (κ3) is 4.58. The van der Waals surface area contributed by atoms with E-state index in [1.807, 2.05) is 42.5 Å². The summed E-state index contributed by atoms with van der Waals surface area (Å²) in [6, 6.07) is 14.2. The molecule has 0 radical (unpaired) electrons. The molecule has 2 aromatic rings. The van der Waals surface area contributed by atoms with Gasteiger partial charge in [0.15, 0.2) is 11.7 Å². The Hall–Kier alpha value is -2.34. The fourth-order valence-electron chi connectivity index (χ4n) is 2.86. The maximum absolute atomic E-state index is 11.8. The predicted molar refractivity (Wildman–Crippen MR) is 98.7 cm³/mol. The van der Waals surface area contributed by atoms with E-state index in [1.165, 1.54) is 12.8 Å². The lowest BCUT2D eigenvalue weighted by molar-refractivity contribution is -0.123.